The van der Waals surface area contributed by atoms with Gasteiger partial charge >= 0.3 is 0 Å². The third-order valence-corrected chi connectivity index (χ3v) is 4.50. The molecule has 0 fully saturated rings. The van der Waals surface area contributed by atoms with Gasteiger partial charge in [0, 0.05) is 5.02 Å². The van der Waals surface area contributed by atoms with Crippen LogP contribution in [0.3, 0.4) is 0 Å². The molecule has 2 N–H and O–H groups in total. The molecule has 1 atom stereocenters. The normalized spacial score (nSPS) is 17.1. The van der Waals surface area contributed by atoms with Gasteiger partial charge in [0.15, 0.2) is 0 Å². The van der Waals surface area contributed by atoms with Gasteiger partial charge in [-0.15, -0.1) is 0 Å². The molecule has 20 heavy (non-hydrogen) atoms. The highest BCUT2D eigenvalue weighted by Gasteiger charge is 2.23. The molecule has 1 aliphatic carbocycles. The fraction of sp³-hybridized carbons (Fsp3) is 0.250. The van der Waals surface area contributed by atoms with E-state index in [1.54, 1.807) is 6.07 Å². The van der Waals surface area contributed by atoms with Crippen LogP contribution in [0.1, 0.15) is 29.2 Å². The van der Waals surface area contributed by atoms with Crippen molar-refractivity contribution >= 4 is 28.9 Å². The van der Waals surface area contributed by atoms with Gasteiger partial charge in [0.1, 0.15) is 5.75 Å². The number of aryl methyl sites for hydroxylation is 2. The van der Waals surface area contributed by atoms with Crippen molar-refractivity contribution in [3.63, 3.8) is 0 Å². The van der Waals surface area contributed by atoms with Crippen molar-refractivity contribution in [1.82, 2.24) is 0 Å². The summed E-state index contributed by atoms with van der Waals surface area (Å²) in [5.41, 5.74) is 4.24. The van der Waals surface area contributed by atoms with Gasteiger partial charge in [-0.1, -0.05) is 29.3 Å². The first-order chi connectivity index (χ1) is 9.54. The Kier molecular flexibility index (Phi) is 3.53. The standard InChI is InChI=1S/C16H15Cl2NO/c1-9-6-14(18)16(8-13(9)17)19-15-5-2-10-7-11(20)3-4-12(10)15/h3-4,6-8,15,19-20H,2,5H2,1H3. The Bertz CT molecular complexity index is 670. The molecule has 4 heteroatoms. The third kappa shape index (κ3) is 2.46. The fourth-order valence-corrected chi connectivity index (χ4v) is 3.13. The summed E-state index contributed by atoms with van der Waals surface area (Å²) in [5.74, 6) is 0.320. The molecule has 2 nitrogen and oxygen atoms in total. The number of phenols is 1. The van der Waals surface area contributed by atoms with Gasteiger partial charge in [0.25, 0.3) is 0 Å². The van der Waals surface area contributed by atoms with E-state index in [4.69, 9.17) is 23.2 Å². The summed E-state index contributed by atoms with van der Waals surface area (Å²) in [7, 11) is 0. The Balaban J connectivity index is 1.89. The molecular formula is C16H15Cl2NO. The molecule has 0 saturated carbocycles. The molecule has 2 aromatic rings. The van der Waals surface area contributed by atoms with Crippen molar-refractivity contribution in [3.8, 4) is 5.75 Å². The molecule has 0 spiro atoms. The summed E-state index contributed by atoms with van der Waals surface area (Å²) in [4.78, 5) is 0. The van der Waals surface area contributed by atoms with Gasteiger partial charge < -0.3 is 10.4 Å². The van der Waals surface area contributed by atoms with Crippen LogP contribution in [0.2, 0.25) is 10.0 Å². The quantitative estimate of drug-likeness (QED) is 0.808. The van der Waals surface area contributed by atoms with E-state index < -0.39 is 0 Å². The molecule has 0 aromatic heterocycles. The first-order valence-corrected chi connectivity index (χ1v) is 7.34. The maximum Gasteiger partial charge on any atom is 0.115 e. The van der Waals surface area contributed by atoms with E-state index in [2.05, 4.69) is 5.32 Å². The monoisotopic (exact) mass is 307 g/mol. The van der Waals surface area contributed by atoms with Crippen molar-refractivity contribution < 1.29 is 5.11 Å². The van der Waals surface area contributed by atoms with Crippen LogP contribution in [0.4, 0.5) is 5.69 Å². The van der Waals surface area contributed by atoms with E-state index in [9.17, 15) is 5.11 Å². The van der Waals surface area contributed by atoms with Crippen molar-refractivity contribution in [1.29, 1.82) is 0 Å². The second kappa shape index (κ2) is 5.19. The Morgan fingerprint density at radius 2 is 1.95 bits per heavy atom. The summed E-state index contributed by atoms with van der Waals surface area (Å²) in [6, 6.07) is 9.49. The molecule has 3 rings (SSSR count). The summed E-state index contributed by atoms with van der Waals surface area (Å²) in [5, 5.41) is 14.4. The number of hydrogen-bond acceptors (Lipinski definition) is 2. The topological polar surface area (TPSA) is 32.3 Å². The SMILES string of the molecule is Cc1cc(Cl)c(NC2CCc3cc(O)ccc32)cc1Cl. The number of rotatable bonds is 2. The van der Waals surface area contributed by atoms with Crippen LogP contribution in [0.15, 0.2) is 30.3 Å². The van der Waals surface area contributed by atoms with Crippen LogP contribution in [0, 0.1) is 6.92 Å². The lowest BCUT2D eigenvalue weighted by atomic mass is 10.1. The number of phenolic OH excluding ortho intramolecular Hbond substituents is 1. The van der Waals surface area contributed by atoms with Crippen LogP contribution in [-0.4, -0.2) is 5.11 Å². The summed E-state index contributed by atoms with van der Waals surface area (Å²) in [6.07, 6.45) is 1.94. The Morgan fingerprint density at radius 3 is 2.75 bits per heavy atom. The molecular weight excluding hydrogens is 293 g/mol. The average Bonchev–Trinajstić information content (AvgIpc) is 2.78. The predicted octanol–water partition coefficient (Wildman–Crippen LogP) is 5.11. The van der Waals surface area contributed by atoms with Gasteiger partial charge in [0.2, 0.25) is 0 Å². The number of fused-ring (bicyclic) bond motifs is 1. The van der Waals surface area contributed by atoms with Crippen LogP contribution < -0.4 is 5.32 Å². The summed E-state index contributed by atoms with van der Waals surface area (Å²) >= 11 is 12.4. The average molecular weight is 308 g/mol. The molecule has 2 aromatic carbocycles. The maximum atomic E-state index is 9.52. The largest absolute Gasteiger partial charge is 0.508 e. The van der Waals surface area contributed by atoms with Gasteiger partial charge in [0.05, 0.1) is 16.8 Å². The number of nitrogens with one attached hydrogen (secondary N) is 1. The van der Waals surface area contributed by atoms with E-state index >= 15 is 0 Å². The zero-order valence-corrected chi connectivity index (χ0v) is 12.6. The van der Waals surface area contributed by atoms with Crippen molar-refractivity contribution in [3.05, 3.63) is 57.1 Å². The highest BCUT2D eigenvalue weighted by atomic mass is 35.5. The van der Waals surface area contributed by atoms with Crippen molar-refractivity contribution in [2.45, 2.75) is 25.8 Å². The van der Waals surface area contributed by atoms with Crippen molar-refractivity contribution in [2.75, 3.05) is 5.32 Å². The number of hydrogen-bond donors (Lipinski definition) is 2. The lowest BCUT2D eigenvalue weighted by molar-refractivity contribution is 0.474. The van der Waals surface area contributed by atoms with Crippen LogP contribution in [-0.2, 0) is 6.42 Å². The Morgan fingerprint density at radius 1 is 1.15 bits per heavy atom. The second-order valence-electron chi connectivity index (χ2n) is 5.20. The second-order valence-corrected chi connectivity index (χ2v) is 6.01. The summed E-state index contributed by atoms with van der Waals surface area (Å²) < 4.78 is 0. The minimum atomic E-state index is 0.210. The van der Waals surface area contributed by atoms with Crippen molar-refractivity contribution in [2.24, 2.45) is 0 Å². The highest BCUT2D eigenvalue weighted by molar-refractivity contribution is 6.35. The van der Waals surface area contributed by atoms with E-state index in [1.165, 1.54) is 11.1 Å². The highest BCUT2D eigenvalue weighted by Crippen LogP contribution is 2.38. The molecule has 1 aliphatic rings. The Hall–Kier alpha value is -1.38. The minimum absolute atomic E-state index is 0.210. The molecule has 0 amide bonds. The number of aromatic hydroxyl groups is 1. The van der Waals surface area contributed by atoms with Crippen LogP contribution in [0.25, 0.3) is 0 Å². The Labute approximate surface area is 128 Å². The van der Waals surface area contributed by atoms with Gasteiger partial charge in [-0.25, -0.2) is 0 Å². The van der Waals surface area contributed by atoms with Crippen LogP contribution in [0.5, 0.6) is 5.75 Å². The molecule has 0 aliphatic heterocycles. The van der Waals surface area contributed by atoms with Gasteiger partial charge in [-0.05, 0) is 60.7 Å². The van der Waals surface area contributed by atoms with E-state index in [0.29, 0.717) is 15.8 Å². The minimum Gasteiger partial charge on any atom is -0.508 e. The van der Waals surface area contributed by atoms with Crippen LogP contribution >= 0.6 is 23.2 Å². The molecule has 1 unspecified atom stereocenters. The predicted molar refractivity (Wildman–Crippen MR) is 84.0 cm³/mol. The maximum absolute atomic E-state index is 9.52. The molecule has 0 heterocycles. The third-order valence-electron chi connectivity index (χ3n) is 3.78. The molecule has 0 saturated heterocycles. The lowest BCUT2D eigenvalue weighted by Crippen LogP contribution is -2.07. The molecule has 0 radical (unpaired) electrons. The zero-order valence-electron chi connectivity index (χ0n) is 11.1. The number of anilines is 1. The summed E-state index contributed by atoms with van der Waals surface area (Å²) in [6.45, 7) is 1.94. The number of benzene rings is 2. The first-order valence-electron chi connectivity index (χ1n) is 6.58. The molecule has 104 valence electrons. The zero-order chi connectivity index (χ0) is 14.3. The molecule has 0 bridgehead atoms. The lowest BCUT2D eigenvalue weighted by Gasteiger charge is -2.17. The smallest absolute Gasteiger partial charge is 0.115 e. The van der Waals surface area contributed by atoms with E-state index in [1.807, 2.05) is 31.2 Å². The van der Waals surface area contributed by atoms with Gasteiger partial charge in [-0.2, -0.15) is 0 Å². The first kappa shape index (κ1) is 13.6. The fourth-order valence-electron chi connectivity index (χ4n) is 2.70. The van der Waals surface area contributed by atoms with Gasteiger partial charge in [-0.3, -0.25) is 0 Å². The number of halogens is 2. The van der Waals surface area contributed by atoms with E-state index in [0.717, 1.165) is 24.1 Å². The van der Waals surface area contributed by atoms with E-state index in [-0.39, 0.29) is 6.04 Å².